The molecule has 1 N–H and O–H groups in total. The first-order valence-corrected chi connectivity index (χ1v) is 6.97. The minimum atomic E-state index is -0.142. The zero-order valence-corrected chi connectivity index (χ0v) is 12.4. The summed E-state index contributed by atoms with van der Waals surface area (Å²) in [5, 5.41) is 8.92. The summed E-state index contributed by atoms with van der Waals surface area (Å²) in [7, 11) is 0. The number of likely N-dealkylation sites (N-methyl/N-ethyl adjacent to an activating group) is 1. The van der Waals surface area contributed by atoms with Crippen LogP contribution in [0, 0.1) is 13.8 Å². The Kier molecular flexibility index (Phi) is 6.19. The van der Waals surface area contributed by atoms with Crippen LogP contribution in [-0.2, 0) is 0 Å². The molecule has 3 nitrogen and oxygen atoms in total. The molecule has 0 fully saturated rings. The van der Waals surface area contributed by atoms with Crippen LogP contribution in [0.15, 0.2) is 18.2 Å². The third kappa shape index (κ3) is 4.15. The molecule has 0 saturated carbocycles. The van der Waals surface area contributed by atoms with Gasteiger partial charge in [-0.15, -0.1) is 0 Å². The normalized spacial score (nSPS) is 12.7. The van der Waals surface area contributed by atoms with Crippen LogP contribution >= 0.6 is 0 Å². The van der Waals surface area contributed by atoms with Crippen LogP contribution in [0.25, 0.3) is 0 Å². The van der Waals surface area contributed by atoms with Gasteiger partial charge in [-0.05, 0) is 45.4 Å². The number of hydrogen-bond donors (Lipinski definition) is 1. The predicted octanol–water partition coefficient (Wildman–Crippen LogP) is 2.58. The van der Waals surface area contributed by atoms with E-state index >= 15 is 0 Å². The molecular formula is C16H25NO2. The molecule has 1 aromatic rings. The van der Waals surface area contributed by atoms with Crippen LogP contribution in [0.5, 0.6) is 0 Å². The fourth-order valence-electron chi connectivity index (χ4n) is 2.29. The summed E-state index contributed by atoms with van der Waals surface area (Å²) in [6, 6.07) is 5.85. The van der Waals surface area contributed by atoms with Crippen LogP contribution in [-0.4, -0.2) is 41.5 Å². The highest BCUT2D eigenvalue weighted by Crippen LogP contribution is 2.15. The lowest BCUT2D eigenvalue weighted by molar-refractivity contribution is 0.0834. The maximum absolute atomic E-state index is 12.6. The average molecular weight is 263 g/mol. The molecule has 0 aliphatic rings. The smallest absolute Gasteiger partial charge is 0.179 e. The number of nitrogens with zero attached hydrogens (tertiary/aromatic N) is 1. The maximum Gasteiger partial charge on any atom is 0.179 e. The summed E-state index contributed by atoms with van der Waals surface area (Å²) < 4.78 is 0. The van der Waals surface area contributed by atoms with Gasteiger partial charge in [0.25, 0.3) is 0 Å². The highest BCUT2D eigenvalue weighted by molar-refractivity contribution is 6.01. The Balaban J connectivity index is 2.88. The van der Waals surface area contributed by atoms with Crippen molar-refractivity contribution in [3.05, 3.63) is 34.9 Å². The second kappa shape index (κ2) is 7.41. The van der Waals surface area contributed by atoms with E-state index in [2.05, 4.69) is 4.90 Å². The van der Waals surface area contributed by atoms with Gasteiger partial charge in [0.15, 0.2) is 5.78 Å². The van der Waals surface area contributed by atoms with E-state index in [9.17, 15) is 4.79 Å². The van der Waals surface area contributed by atoms with Gasteiger partial charge in [0.2, 0.25) is 0 Å². The SMILES string of the molecule is CCN(CCCO)C(C)C(=O)c1cc(C)ccc1C. The largest absolute Gasteiger partial charge is 0.396 e. The number of Topliss-reactive ketones (excluding diaryl/α,β-unsaturated/α-hetero) is 1. The van der Waals surface area contributed by atoms with Gasteiger partial charge in [0, 0.05) is 18.7 Å². The first-order valence-electron chi connectivity index (χ1n) is 6.97. The Hall–Kier alpha value is -1.19. The number of benzene rings is 1. The molecule has 19 heavy (non-hydrogen) atoms. The second-order valence-electron chi connectivity index (χ2n) is 5.06. The van der Waals surface area contributed by atoms with Crippen molar-refractivity contribution in [3.63, 3.8) is 0 Å². The Morgan fingerprint density at radius 3 is 2.63 bits per heavy atom. The van der Waals surface area contributed by atoms with E-state index < -0.39 is 0 Å². The Morgan fingerprint density at radius 2 is 2.05 bits per heavy atom. The zero-order valence-electron chi connectivity index (χ0n) is 12.4. The third-order valence-electron chi connectivity index (χ3n) is 3.60. The van der Waals surface area contributed by atoms with Gasteiger partial charge >= 0.3 is 0 Å². The van der Waals surface area contributed by atoms with E-state index in [-0.39, 0.29) is 18.4 Å². The molecule has 0 saturated heterocycles. The van der Waals surface area contributed by atoms with Gasteiger partial charge in [-0.3, -0.25) is 9.69 Å². The molecule has 0 radical (unpaired) electrons. The lowest BCUT2D eigenvalue weighted by Gasteiger charge is -2.27. The number of aryl methyl sites for hydroxylation is 2. The Bertz CT molecular complexity index is 429. The van der Waals surface area contributed by atoms with Crippen LogP contribution in [0.1, 0.15) is 41.8 Å². The van der Waals surface area contributed by atoms with E-state index in [1.165, 1.54) is 0 Å². The van der Waals surface area contributed by atoms with Crippen LogP contribution in [0.4, 0.5) is 0 Å². The molecule has 0 aliphatic heterocycles. The summed E-state index contributed by atoms with van der Waals surface area (Å²) in [5.74, 6) is 0.168. The highest BCUT2D eigenvalue weighted by atomic mass is 16.3. The number of aliphatic hydroxyl groups is 1. The molecular weight excluding hydrogens is 238 g/mol. The molecule has 0 bridgehead atoms. The molecule has 0 aromatic heterocycles. The van der Waals surface area contributed by atoms with E-state index in [1.807, 2.05) is 45.9 Å². The molecule has 0 heterocycles. The van der Waals surface area contributed by atoms with E-state index in [0.717, 1.165) is 29.8 Å². The number of rotatable bonds is 7. The van der Waals surface area contributed by atoms with Crippen LogP contribution in [0.2, 0.25) is 0 Å². The predicted molar refractivity (Wildman–Crippen MR) is 78.7 cm³/mol. The molecule has 1 unspecified atom stereocenters. The third-order valence-corrected chi connectivity index (χ3v) is 3.60. The van der Waals surface area contributed by atoms with Crippen LogP contribution in [0.3, 0.4) is 0 Å². The van der Waals surface area contributed by atoms with Gasteiger partial charge < -0.3 is 5.11 Å². The van der Waals surface area contributed by atoms with Gasteiger partial charge in [-0.25, -0.2) is 0 Å². The number of carbonyl (C=O) groups is 1. The van der Waals surface area contributed by atoms with Gasteiger partial charge in [0.1, 0.15) is 0 Å². The Labute approximate surface area is 116 Å². The lowest BCUT2D eigenvalue weighted by Crippen LogP contribution is -2.40. The molecule has 1 atom stereocenters. The van der Waals surface area contributed by atoms with Crippen LogP contribution < -0.4 is 0 Å². The maximum atomic E-state index is 12.6. The molecule has 106 valence electrons. The summed E-state index contributed by atoms with van der Waals surface area (Å²) >= 11 is 0. The summed E-state index contributed by atoms with van der Waals surface area (Å²) in [6.07, 6.45) is 0.707. The number of hydrogen-bond acceptors (Lipinski definition) is 3. The highest BCUT2D eigenvalue weighted by Gasteiger charge is 2.22. The van der Waals surface area contributed by atoms with Crippen molar-refractivity contribution in [2.45, 2.75) is 40.2 Å². The summed E-state index contributed by atoms with van der Waals surface area (Å²) in [6.45, 7) is 9.71. The lowest BCUT2D eigenvalue weighted by atomic mass is 9.97. The van der Waals surface area contributed by atoms with E-state index in [0.29, 0.717) is 6.42 Å². The van der Waals surface area contributed by atoms with Crippen molar-refractivity contribution >= 4 is 5.78 Å². The van der Waals surface area contributed by atoms with Gasteiger partial charge in [0.05, 0.1) is 6.04 Å². The average Bonchev–Trinajstić information content (AvgIpc) is 2.41. The van der Waals surface area contributed by atoms with Crippen molar-refractivity contribution in [2.75, 3.05) is 19.7 Å². The van der Waals surface area contributed by atoms with Crippen molar-refractivity contribution in [2.24, 2.45) is 0 Å². The first-order chi connectivity index (χ1) is 9.01. The fraction of sp³-hybridized carbons (Fsp3) is 0.562. The first kappa shape index (κ1) is 15.9. The summed E-state index contributed by atoms with van der Waals surface area (Å²) in [5.41, 5.74) is 2.95. The second-order valence-corrected chi connectivity index (χ2v) is 5.06. The standard InChI is InChI=1S/C16H25NO2/c1-5-17(9-6-10-18)14(4)16(19)15-11-12(2)7-8-13(15)3/h7-8,11,14,18H,5-6,9-10H2,1-4H3. The monoisotopic (exact) mass is 263 g/mol. The number of aliphatic hydroxyl groups excluding tert-OH is 1. The Morgan fingerprint density at radius 1 is 1.37 bits per heavy atom. The van der Waals surface area contributed by atoms with Crippen molar-refractivity contribution in [3.8, 4) is 0 Å². The summed E-state index contributed by atoms with van der Waals surface area (Å²) in [4.78, 5) is 14.7. The quantitative estimate of drug-likeness (QED) is 0.769. The molecule has 0 spiro atoms. The molecule has 0 aliphatic carbocycles. The number of carbonyl (C=O) groups excluding carboxylic acids is 1. The topological polar surface area (TPSA) is 40.5 Å². The zero-order chi connectivity index (χ0) is 14.4. The van der Waals surface area contributed by atoms with Gasteiger partial charge in [-0.2, -0.15) is 0 Å². The van der Waals surface area contributed by atoms with Crippen molar-refractivity contribution in [1.82, 2.24) is 4.90 Å². The van der Waals surface area contributed by atoms with E-state index in [4.69, 9.17) is 5.11 Å². The van der Waals surface area contributed by atoms with Crippen molar-refractivity contribution in [1.29, 1.82) is 0 Å². The molecule has 0 amide bonds. The minimum Gasteiger partial charge on any atom is -0.396 e. The minimum absolute atomic E-state index is 0.142. The number of ketones is 1. The van der Waals surface area contributed by atoms with E-state index in [1.54, 1.807) is 0 Å². The molecule has 3 heteroatoms. The molecule has 1 aromatic carbocycles. The fourth-order valence-corrected chi connectivity index (χ4v) is 2.29. The van der Waals surface area contributed by atoms with Crippen molar-refractivity contribution < 1.29 is 9.90 Å². The van der Waals surface area contributed by atoms with Gasteiger partial charge in [-0.1, -0.05) is 24.6 Å². The molecule has 1 rings (SSSR count).